The summed E-state index contributed by atoms with van der Waals surface area (Å²) >= 11 is -0.750. The molecule has 0 rings (SSSR count). The molecule has 2 nitrogen and oxygen atoms in total. The second-order valence-corrected chi connectivity index (χ2v) is 0.204. The summed E-state index contributed by atoms with van der Waals surface area (Å²) in [6, 6.07) is 0. The molecule has 0 bridgehead atoms. The molecular formula is H3NaO2S2. The molecule has 5 heteroatoms. The third-order valence-electron chi connectivity index (χ3n) is 0. The fraction of sp³-hybridized carbons (Fsp3) is 0. The van der Waals surface area contributed by atoms with Gasteiger partial charge in [0.2, 0.25) is 0 Å². The predicted octanol–water partition coefficient (Wildman–Crippen LogP) is -1.21. The molecule has 5 heavy (non-hydrogen) atoms. The van der Waals surface area contributed by atoms with Crippen molar-refractivity contribution in [3.05, 3.63) is 0 Å². The van der Waals surface area contributed by atoms with E-state index in [1.54, 1.807) is 0 Å². The number of hydrogen-bond acceptors (Lipinski definition) is 2. The van der Waals surface area contributed by atoms with Gasteiger partial charge in [0.15, 0.2) is 0 Å². The first kappa shape index (κ1) is 16.4. The van der Waals surface area contributed by atoms with Crippen LogP contribution >= 0.6 is 13.5 Å². The van der Waals surface area contributed by atoms with Gasteiger partial charge >= 0.3 is 41.1 Å². The van der Waals surface area contributed by atoms with E-state index in [9.17, 15) is 0 Å². The standard InChI is InChI=1S/Na.O2S.H2S.H/c;1-3-2;;/h;;1H2;. The molecular weight excluding hydrogens is 119 g/mol. The molecule has 0 aliphatic carbocycles. The van der Waals surface area contributed by atoms with Gasteiger partial charge in [0.1, 0.15) is 0 Å². The van der Waals surface area contributed by atoms with E-state index in [0.717, 1.165) is 0 Å². The van der Waals surface area contributed by atoms with Crippen molar-refractivity contribution in [2.75, 3.05) is 0 Å². The first-order valence-electron chi connectivity index (χ1n) is 0.333. The molecule has 0 aliphatic rings. The SMILES string of the molecule is O=S=O.S.[NaH]. The second kappa shape index (κ2) is 19.1. The predicted molar refractivity (Wildman–Crippen MR) is 26.4 cm³/mol. The molecule has 0 amide bonds. The Kier molecular flexibility index (Phi) is 62.7. The number of hydrogen-bond donors (Lipinski definition) is 0. The van der Waals surface area contributed by atoms with Crippen LogP contribution in [0.3, 0.4) is 0 Å². The first-order chi connectivity index (χ1) is 1.41. The summed E-state index contributed by atoms with van der Waals surface area (Å²) in [6.45, 7) is 0. The topological polar surface area (TPSA) is 34.1 Å². The maximum atomic E-state index is 8.29. The minimum atomic E-state index is -0.750. The van der Waals surface area contributed by atoms with Crippen LogP contribution < -0.4 is 0 Å². The van der Waals surface area contributed by atoms with Gasteiger partial charge in [-0.25, -0.2) is 0 Å². The summed E-state index contributed by atoms with van der Waals surface area (Å²) in [7, 11) is 0. The summed E-state index contributed by atoms with van der Waals surface area (Å²) in [6.07, 6.45) is 0. The van der Waals surface area contributed by atoms with Crippen molar-refractivity contribution in [2.24, 2.45) is 0 Å². The van der Waals surface area contributed by atoms with Crippen molar-refractivity contribution < 1.29 is 8.42 Å². The van der Waals surface area contributed by atoms with E-state index in [1.807, 2.05) is 0 Å². The van der Waals surface area contributed by atoms with Gasteiger partial charge in [-0.3, -0.25) is 0 Å². The van der Waals surface area contributed by atoms with Crippen LogP contribution in [0.25, 0.3) is 0 Å². The molecule has 28 valence electrons. The van der Waals surface area contributed by atoms with Crippen molar-refractivity contribution in [1.29, 1.82) is 0 Å². The van der Waals surface area contributed by atoms with Gasteiger partial charge in [-0.1, -0.05) is 0 Å². The van der Waals surface area contributed by atoms with Gasteiger partial charge in [0, 0.05) is 0 Å². The summed E-state index contributed by atoms with van der Waals surface area (Å²) in [4.78, 5) is 0. The van der Waals surface area contributed by atoms with Crippen molar-refractivity contribution in [2.45, 2.75) is 0 Å². The Morgan fingerprint density at radius 3 is 1.20 bits per heavy atom. The molecule has 0 fully saturated rings. The van der Waals surface area contributed by atoms with Crippen molar-refractivity contribution in [1.82, 2.24) is 0 Å². The zero-order valence-corrected chi connectivity index (χ0v) is 3.54. The van der Waals surface area contributed by atoms with E-state index in [0.29, 0.717) is 0 Å². The molecule has 0 unspecified atom stereocenters. The Morgan fingerprint density at radius 1 is 1.20 bits per heavy atom. The Labute approximate surface area is 62.7 Å². The van der Waals surface area contributed by atoms with E-state index >= 15 is 0 Å². The van der Waals surface area contributed by atoms with Crippen LogP contribution in [0.1, 0.15) is 0 Å². The van der Waals surface area contributed by atoms with Gasteiger partial charge in [-0.05, 0) is 0 Å². The van der Waals surface area contributed by atoms with Crippen LogP contribution in [0.2, 0.25) is 0 Å². The Balaban J connectivity index is -0.0000000200. The van der Waals surface area contributed by atoms with Crippen LogP contribution in [0.5, 0.6) is 0 Å². The van der Waals surface area contributed by atoms with Crippen molar-refractivity contribution in [3.63, 3.8) is 0 Å². The van der Waals surface area contributed by atoms with Crippen LogP contribution in [-0.4, -0.2) is 38.0 Å². The quantitative estimate of drug-likeness (QED) is 0.378. The van der Waals surface area contributed by atoms with Gasteiger partial charge in [-0.15, -0.1) is 0 Å². The Bertz CT molecular complexity index is 28.6. The zero-order valence-electron chi connectivity index (χ0n) is 1.72. The van der Waals surface area contributed by atoms with Crippen molar-refractivity contribution >= 4 is 54.6 Å². The van der Waals surface area contributed by atoms with E-state index < -0.39 is 11.6 Å². The third-order valence-corrected chi connectivity index (χ3v) is 0. The maximum absolute atomic E-state index is 8.29. The first-order valence-corrected chi connectivity index (χ1v) is 1.00. The van der Waals surface area contributed by atoms with Gasteiger partial charge in [0.05, 0.1) is 0 Å². The van der Waals surface area contributed by atoms with E-state index in [1.165, 1.54) is 0 Å². The van der Waals surface area contributed by atoms with E-state index in [-0.39, 0.29) is 43.1 Å². The average Bonchev–Trinajstić information content (AvgIpc) is 0.918. The molecule has 0 aromatic carbocycles. The normalized spacial score (nSPS) is 2.40. The molecule has 0 radical (unpaired) electrons. The molecule has 0 spiro atoms. The van der Waals surface area contributed by atoms with Gasteiger partial charge in [-0.2, -0.15) is 21.9 Å². The fourth-order valence-corrected chi connectivity index (χ4v) is 0. The van der Waals surface area contributed by atoms with E-state index in [2.05, 4.69) is 0 Å². The van der Waals surface area contributed by atoms with E-state index in [4.69, 9.17) is 8.42 Å². The van der Waals surface area contributed by atoms with Gasteiger partial charge < -0.3 is 0 Å². The monoisotopic (exact) mass is 122 g/mol. The fourth-order valence-electron chi connectivity index (χ4n) is 0. The second-order valence-electron chi connectivity index (χ2n) is 0.0680. The molecule has 0 heterocycles. The molecule has 0 saturated carbocycles. The van der Waals surface area contributed by atoms with Gasteiger partial charge in [0.25, 0.3) is 0 Å². The summed E-state index contributed by atoms with van der Waals surface area (Å²) in [5.41, 5.74) is 0. The van der Waals surface area contributed by atoms with Crippen LogP contribution in [0.4, 0.5) is 0 Å². The Hall–Kier alpha value is 1.17. The summed E-state index contributed by atoms with van der Waals surface area (Å²) in [5.74, 6) is 0. The molecule has 0 atom stereocenters. The number of rotatable bonds is 0. The third kappa shape index (κ3) is 38.0. The zero-order chi connectivity index (χ0) is 2.71. The summed E-state index contributed by atoms with van der Waals surface area (Å²) in [5, 5.41) is 0. The Morgan fingerprint density at radius 2 is 1.20 bits per heavy atom. The van der Waals surface area contributed by atoms with Crippen LogP contribution in [0.15, 0.2) is 0 Å². The average molecular weight is 122 g/mol. The molecule has 0 aromatic rings. The van der Waals surface area contributed by atoms with Crippen LogP contribution in [0, 0.1) is 0 Å². The van der Waals surface area contributed by atoms with Crippen LogP contribution in [-0.2, 0) is 11.6 Å². The molecule has 0 aliphatic heterocycles. The minimum absolute atomic E-state index is 0. The molecule has 0 aromatic heterocycles. The molecule has 0 N–H and O–H groups in total. The van der Waals surface area contributed by atoms with Crippen molar-refractivity contribution in [3.8, 4) is 0 Å². The molecule has 0 saturated heterocycles. The summed E-state index contributed by atoms with van der Waals surface area (Å²) < 4.78 is 16.6.